The topological polar surface area (TPSA) is 43.6 Å². The summed E-state index contributed by atoms with van der Waals surface area (Å²) in [6.07, 6.45) is 3.30. The third-order valence-corrected chi connectivity index (χ3v) is 2.29. The van der Waals surface area contributed by atoms with Crippen molar-refractivity contribution in [1.82, 2.24) is 9.38 Å². The molecule has 2 aromatic heterocycles. The van der Waals surface area contributed by atoms with Gasteiger partial charge in [-0.3, -0.25) is 4.40 Å². The zero-order valence-corrected chi connectivity index (χ0v) is 8.15. The number of carbonyl (C=O) groups excluding carboxylic acids is 1. The van der Waals surface area contributed by atoms with E-state index in [-0.39, 0.29) is 0 Å². The maximum absolute atomic E-state index is 11.3. The Bertz CT molecular complexity index is 493. The third-order valence-electron chi connectivity index (χ3n) is 1.91. The molecule has 0 saturated heterocycles. The van der Waals surface area contributed by atoms with Crippen molar-refractivity contribution in [2.75, 3.05) is 7.11 Å². The van der Waals surface area contributed by atoms with Crippen molar-refractivity contribution in [2.24, 2.45) is 0 Å². The van der Waals surface area contributed by atoms with Crippen LogP contribution in [0.5, 0.6) is 0 Å². The highest BCUT2D eigenvalue weighted by molar-refractivity contribution is 6.32. The second-order valence-electron chi connectivity index (χ2n) is 2.68. The highest BCUT2D eigenvalue weighted by Gasteiger charge is 2.12. The lowest BCUT2D eigenvalue weighted by molar-refractivity contribution is 0.0600. The van der Waals surface area contributed by atoms with Crippen LogP contribution < -0.4 is 0 Å². The predicted molar refractivity (Wildman–Crippen MR) is 51.5 cm³/mol. The molecule has 0 amide bonds. The minimum Gasteiger partial charge on any atom is -0.465 e. The van der Waals surface area contributed by atoms with Crippen LogP contribution >= 0.6 is 11.6 Å². The lowest BCUT2D eigenvalue weighted by Crippen LogP contribution is -2.04. The number of rotatable bonds is 1. The van der Waals surface area contributed by atoms with Gasteiger partial charge in [0.2, 0.25) is 0 Å². The van der Waals surface area contributed by atoms with E-state index in [1.807, 2.05) is 0 Å². The van der Waals surface area contributed by atoms with Crippen LogP contribution in [0, 0.1) is 0 Å². The molecular formula is C9H7ClN2O2. The fraction of sp³-hybridized carbons (Fsp3) is 0.111. The number of esters is 1. The SMILES string of the molecule is COC(=O)c1ccc2nccn2c1Cl. The van der Waals surface area contributed by atoms with Gasteiger partial charge in [-0.05, 0) is 12.1 Å². The van der Waals surface area contributed by atoms with Crippen LogP contribution in [0.25, 0.3) is 5.65 Å². The number of carbonyl (C=O) groups is 1. The zero-order chi connectivity index (χ0) is 10.1. The smallest absolute Gasteiger partial charge is 0.340 e. The molecule has 0 N–H and O–H groups in total. The van der Waals surface area contributed by atoms with Gasteiger partial charge in [0.15, 0.2) is 0 Å². The van der Waals surface area contributed by atoms with Gasteiger partial charge in [0.25, 0.3) is 0 Å². The second kappa shape index (κ2) is 3.31. The number of imidazole rings is 1. The Morgan fingerprint density at radius 1 is 1.57 bits per heavy atom. The predicted octanol–water partition coefficient (Wildman–Crippen LogP) is 1.77. The van der Waals surface area contributed by atoms with E-state index in [2.05, 4.69) is 9.72 Å². The molecular weight excluding hydrogens is 204 g/mol. The molecule has 0 saturated carbocycles. The second-order valence-corrected chi connectivity index (χ2v) is 3.04. The molecule has 72 valence electrons. The molecule has 2 rings (SSSR count). The number of aromatic nitrogens is 2. The Labute approximate surface area is 85.1 Å². The molecule has 0 aliphatic rings. The summed E-state index contributed by atoms with van der Waals surface area (Å²) in [7, 11) is 1.32. The Morgan fingerprint density at radius 2 is 2.36 bits per heavy atom. The summed E-state index contributed by atoms with van der Waals surface area (Å²) in [6.45, 7) is 0. The van der Waals surface area contributed by atoms with Gasteiger partial charge in [0, 0.05) is 12.4 Å². The van der Waals surface area contributed by atoms with Crippen LogP contribution in [0.1, 0.15) is 10.4 Å². The minimum atomic E-state index is -0.453. The molecule has 2 aromatic rings. The summed E-state index contributed by atoms with van der Waals surface area (Å²) in [5.74, 6) is -0.453. The molecule has 0 aliphatic carbocycles. The van der Waals surface area contributed by atoms with Crippen molar-refractivity contribution in [3.63, 3.8) is 0 Å². The van der Waals surface area contributed by atoms with E-state index in [0.717, 1.165) is 0 Å². The molecule has 0 atom stereocenters. The fourth-order valence-electron chi connectivity index (χ4n) is 1.22. The summed E-state index contributed by atoms with van der Waals surface area (Å²) in [5.41, 5.74) is 1.03. The molecule has 14 heavy (non-hydrogen) atoms. The molecule has 0 spiro atoms. The molecule has 0 aromatic carbocycles. The van der Waals surface area contributed by atoms with Gasteiger partial charge in [-0.2, -0.15) is 0 Å². The number of hydrogen-bond donors (Lipinski definition) is 0. The maximum atomic E-state index is 11.3. The Morgan fingerprint density at radius 3 is 3.07 bits per heavy atom. The van der Waals surface area contributed by atoms with E-state index < -0.39 is 5.97 Å². The zero-order valence-electron chi connectivity index (χ0n) is 7.40. The van der Waals surface area contributed by atoms with Gasteiger partial charge in [-0.1, -0.05) is 11.6 Å². The van der Waals surface area contributed by atoms with Crippen LogP contribution in [-0.2, 0) is 4.74 Å². The lowest BCUT2D eigenvalue weighted by atomic mass is 10.3. The third kappa shape index (κ3) is 1.24. The average molecular weight is 211 g/mol. The van der Waals surface area contributed by atoms with Gasteiger partial charge in [0.1, 0.15) is 10.8 Å². The lowest BCUT2D eigenvalue weighted by Gasteiger charge is -2.03. The van der Waals surface area contributed by atoms with Gasteiger partial charge >= 0.3 is 5.97 Å². The van der Waals surface area contributed by atoms with Gasteiger partial charge in [-0.25, -0.2) is 9.78 Å². The molecule has 0 unspecified atom stereocenters. The van der Waals surface area contributed by atoms with Gasteiger partial charge < -0.3 is 4.74 Å². The van der Waals surface area contributed by atoms with Crippen molar-refractivity contribution in [3.05, 3.63) is 35.2 Å². The number of hydrogen-bond acceptors (Lipinski definition) is 3. The first kappa shape index (κ1) is 9.02. The van der Waals surface area contributed by atoms with Crippen molar-refractivity contribution < 1.29 is 9.53 Å². The summed E-state index contributed by atoms with van der Waals surface area (Å²) in [5, 5.41) is 0.312. The summed E-state index contributed by atoms with van der Waals surface area (Å²) >= 11 is 5.98. The molecule has 4 nitrogen and oxygen atoms in total. The van der Waals surface area contributed by atoms with E-state index >= 15 is 0 Å². The monoisotopic (exact) mass is 210 g/mol. The van der Waals surface area contributed by atoms with Gasteiger partial charge in [0.05, 0.1) is 12.7 Å². The van der Waals surface area contributed by atoms with E-state index in [1.54, 1.807) is 28.9 Å². The van der Waals surface area contributed by atoms with E-state index in [4.69, 9.17) is 11.6 Å². The number of halogens is 1. The summed E-state index contributed by atoms with van der Waals surface area (Å²) in [6, 6.07) is 3.30. The average Bonchev–Trinajstić information content (AvgIpc) is 2.66. The standard InChI is InChI=1S/C9H7ClN2O2/c1-14-9(13)6-2-3-7-11-4-5-12(7)8(6)10/h2-5H,1H3. The van der Waals surface area contributed by atoms with E-state index in [0.29, 0.717) is 16.4 Å². The quantitative estimate of drug-likeness (QED) is 0.532. The Balaban J connectivity index is 2.67. The van der Waals surface area contributed by atoms with Gasteiger partial charge in [-0.15, -0.1) is 0 Å². The van der Waals surface area contributed by atoms with Crippen LogP contribution in [0.4, 0.5) is 0 Å². The van der Waals surface area contributed by atoms with Crippen LogP contribution in [0.15, 0.2) is 24.5 Å². The highest BCUT2D eigenvalue weighted by atomic mass is 35.5. The van der Waals surface area contributed by atoms with E-state index in [1.165, 1.54) is 7.11 Å². The first-order chi connectivity index (χ1) is 6.74. The number of ether oxygens (including phenoxy) is 1. The van der Waals surface area contributed by atoms with Crippen LogP contribution in [-0.4, -0.2) is 22.5 Å². The fourth-order valence-corrected chi connectivity index (χ4v) is 1.51. The largest absolute Gasteiger partial charge is 0.465 e. The molecule has 2 heterocycles. The van der Waals surface area contributed by atoms with E-state index in [9.17, 15) is 4.79 Å². The maximum Gasteiger partial charge on any atom is 0.340 e. The number of methoxy groups -OCH3 is 1. The number of fused-ring (bicyclic) bond motifs is 1. The molecule has 0 radical (unpaired) electrons. The minimum absolute atomic E-state index is 0.312. The summed E-state index contributed by atoms with van der Waals surface area (Å²) in [4.78, 5) is 15.3. The highest BCUT2D eigenvalue weighted by Crippen LogP contribution is 2.18. The summed E-state index contributed by atoms with van der Waals surface area (Å²) < 4.78 is 6.20. The van der Waals surface area contributed by atoms with Crippen LogP contribution in [0.3, 0.4) is 0 Å². The molecule has 0 bridgehead atoms. The van der Waals surface area contributed by atoms with Crippen LogP contribution in [0.2, 0.25) is 5.15 Å². The Kier molecular flexibility index (Phi) is 2.13. The normalized spacial score (nSPS) is 10.4. The molecule has 0 fully saturated rings. The molecule has 0 aliphatic heterocycles. The van der Waals surface area contributed by atoms with Crippen molar-refractivity contribution in [2.45, 2.75) is 0 Å². The van der Waals surface area contributed by atoms with Crippen molar-refractivity contribution in [3.8, 4) is 0 Å². The van der Waals surface area contributed by atoms with Crippen molar-refractivity contribution >= 4 is 23.2 Å². The number of pyridine rings is 1. The number of nitrogens with zero attached hydrogens (tertiary/aromatic N) is 2. The van der Waals surface area contributed by atoms with Crippen molar-refractivity contribution in [1.29, 1.82) is 0 Å². The Hall–Kier alpha value is -1.55. The first-order valence-electron chi connectivity index (χ1n) is 3.94. The molecule has 5 heteroatoms. The first-order valence-corrected chi connectivity index (χ1v) is 4.31.